The summed E-state index contributed by atoms with van der Waals surface area (Å²) in [6.45, 7) is 8.36. The number of ether oxygens (including phenoxy) is 5. The van der Waals surface area contributed by atoms with E-state index in [1.165, 1.54) is 0 Å². The van der Waals surface area contributed by atoms with Crippen LogP contribution >= 0.6 is 15.9 Å². The molecule has 10 atom stereocenters. The van der Waals surface area contributed by atoms with Crippen molar-refractivity contribution in [1.82, 2.24) is 0 Å². The fourth-order valence-corrected chi connectivity index (χ4v) is 7.22. The fraction of sp³-hybridized carbons (Fsp3) is 0.667. The maximum atomic E-state index is 12.8. The average Bonchev–Trinajstić information content (AvgIpc) is 3.18. The van der Waals surface area contributed by atoms with Crippen LogP contribution in [0.5, 0.6) is 0 Å². The molecule has 4 bridgehead atoms. The number of carbonyl (C=O) groups is 2. The van der Waals surface area contributed by atoms with Crippen molar-refractivity contribution in [2.75, 3.05) is 0 Å². The van der Waals surface area contributed by atoms with Crippen LogP contribution in [0.3, 0.4) is 0 Å². The average molecular weight is 592 g/mol. The number of hydrogen-bond acceptors (Lipinski definition) is 7. The lowest BCUT2D eigenvalue weighted by Crippen LogP contribution is -2.61. The molecule has 4 aliphatic heterocycles. The largest absolute Gasteiger partial charge is 0.458 e. The monoisotopic (exact) mass is 590 g/mol. The SMILES string of the molecule is C=C(Br)CC(CC[C@]12CC(C)C(O1)[C@@H]1OC3CCC(CC=O)O[C@@H]3C(O2)C1CC)OC(=O)c1ccccc1. The number of fused-ring (bicyclic) bond motifs is 7. The summed E-state index contributed by atoms with van der Waals surface area (Å²) in [5, 5.41) is 0. The molecule has 8 heteroatoms. The van der Waals surface area contributed by atoms with Gasteiger partial charge in [0.1, 0.15) is 18.5 Å². The maximum absolute atomic E-state index is 12.8. The molecule has 4 saturated heterocycles. The molecule has 0 spiro atoms. The first-order valence-electron chi connectivity index (χ1n) is 14.0. The van der Waals surface area contributed by atoms with Crippen LogP contribution in [0.1, 0.15) is 75.6 Å². The minimum absolute atomic E-state index is 0.0501. The molecule has 1 aromatic rings. The number of aldehydes is 1. The van der Waals surface area contributed by atoms with Gasteiger partial charge in [-0.15, -0.1) is 0 Å². The molecule has 0 aromatic heterocycles. The summed E-state index contributed by atoms with van der Waals surface area (Å²) in [6, 6.07) is 9.03. The lowest BCUT2D eigenvalue weighted by Gasteiger charge is -2.51. The zero-order valence-corrected chi connectivity index (χ0v) is 23.8. The zero-order valence-electron chi connectivity index (χ0n) is 22.3. The summed E-state index contributed by atoms with van der Waals surface area (Å²) in [7, 11) is 0. The third-order valence-electron chi connectivity index (χ3n) is 8.62. The second-order valence-corrected chi connectivity index (χ2v) is 12.4. The van der Waals surface area contributed by atoms with Crippen LogP contribution in [0.25, 0.3) is 0 Å². The van der Waals surface area contributed by atoms with E-state index in [0.29, 0.717) is 31.2 Å². The van der Waals surface area contributed by atoms with E-state index in [-0.39, 0.29) is 60.5 Å². The maximum Gasteiger partial charge on any atom is 0.338 e. The Morgan fingerprint density at radius 2 is 1.92 bits per heavy atom. The summed E-state index contributed by atoms with van der Waals surface area (Å²) >= 11 is 3.45. The summed E-state index contributed by atoms with van der Waals surface area (Å²) in [5.41, 5.74) is 0.523. The predicted octanol–water partition coefficient (Wildman–Crippen LogP) is 5.74. The quantitative estimate of drug-likeness (QED) is 0.254. The Bertz CT molecular complexity index is 1000. The summed E-state index contributed by atoms with van der Waals surface area (Å²) < 4.78 is 33.6. The van der Waals surface area contributed by atoms with Gasteiger partial charge < -0.3 is 28.5 Å². The van der Waals surface area contributed by atoms with E-state index >= 15 is 0 Å². The van der Waals surface area contributed by atoms with Gasteiger partial charge in [-0.3, -0.25) is 0 Å². The van der Waals surface area contributed by atoms with E-state index in [2.05, 4.69) is 36.4 Å². The molecular weight excluding hydrogens is 552 g/mol. The Kier molecular flexibility index (Phi) is 8.75. The molecule has 0 amide bonds. The van der Waals surface area contributed by atoms with Crippen LogP contribution in [0, 0.1) is 11.8 Å². The van der Waals surface area contributed by atoms with Crippen molar-refractivity contribution in [2.24, 2.45) is 11.8 Å². The van der Waals surface area contributed by atoms with Gasteiger partial charge in [-0.25, -0.2) is 4.79 Å². The number of carbonyl (C=O) groups excluding carboxylic acids is 2. The Labute approximate surface area is 233 Å². The van der Waals surface area contributed by atoms with Crippen molar-refractivity contribution >= 4 is 28.2 Å². The lowest BCUT2D eigenvalue weighted by atomic mass is 9.76. The van der Waals surface area contributed by atoms with Crippen LogP contribution in [0.15, 0.2) is 41.4 Å². The zero-order chi connectivity index (χ0) is 26.9. The number of rotatable bonds is 10. The Morgan fingerprint density at radius 3 is 2.63 bits per heavy atom. The van der Waals surface area contributed by atoms with Crippen LogP contribution in [0.2, 0.25) is 0 Å². The first kappa shape index (κ1) is 28.0. The molecule has 5 rings (SSSR count). The molecule has 7 nitrogen and oxygen atoms in total. The van der Waals surface area contributed by atoms with E-state index in [0.717, 1.165) is 36.5 Å². The van der Waals surface area contributed by atoms with Gasteiger partial charge in [-0.1, -0.05) is 54.6 Å². The predicted molar refractivity (Wildman–Crippen MR) is 145 cm³/mol. The Morgan fingerprint density at radius 1 is 1.16 bits per heavy atom. The number of hydrogen-bond donors (Lipinski definition) is 0. The molecule has 4 aliphatic rings. The van der Waals surface area contributed by atoms with Gasteiger partial charge in [-0.2, -0.15) is 0 Å². The number of esters is 1. The van der Waals surface area contributed by atoms with Crippen LogP contribution < -0.4 is 0 Å². The van der Waals surface area contributed by atoms with E-state index in [1.54, 1.807) is 12.1 Å². The van der Waals surface area contributed by atoms with Crippen molar-refractivity contribution < 1.29 is 33.3 Å². The van der Waals surface area contributed by atoms with Gasteiger partial charge in [0.15, 0.2) is 5.79 Å². The van der Waals surface area contributed by atoms with Crippen molar-refractivity contribution in [3.63, 3.8) is 0 Å². The van der Waals surface area contributed by atoms with Crippen molar-refractivity contribution in [3.05, 3.63) is 47.0 Å². The highest BCUT2D eigenvalue weighted by Crippen LogP contribution is 2.52. The van der Waals surface area contributed by atoms with Gasteiger partial charge in [0.2, 0.25) is 0 Å². The van der Waals surface area contributed by atoms with Gasteiger partial charge in [0.05, 0.1) is 36.1 Å². The second-order valence-electron chi connectivity index (χ2n) is 11.3. The summed E-state index contributed by atoms with van der Waals surface area (Å²) in [5.74, 6) is -0.733. The molecule has 1 aromatic carbocycles. The van der Waals surface area contributed by atoms with Gasteiger partial charge in [-0.05, 0) is 48.2 Å². The van der Waals surface area contributed by atoms with Gasteiger partial charge >= 0.3 is 5.97 Å². The molecule has 208 valence electrons. The first-order chi connectivity index (χ1) is 18.3. The highest BCUT2D eigenvalue weighted by Gasteiger charge is 2.61. The molecule has 7 unspecified atom stereocenters. The topological polar surface area (TPSA) is 80.3 Å². The minimum atomic E-state index is -0.804. The first-order valence-corrected chi connectivity index (χ1v) is 14.8. The molecule has 38 heavy (non-hydrogen) atoms. The standard InChI is InChI=1S/C30H39BrO7/c1-4-23-26-25-18(2)17-30(37-25,38-27(23)28-24(36-26)11-10-21(34-28)13-15-32)14-12-22(16-19(3)31)35-29(33)20-8-6-5-7-9-20/h5-9,15,18,21-28H,3-4,10-14,16-17H2,1-2H3/t18?,21?,22?,23?,24?,25?,26-,27?,28+,30+/m1/s1. The smallest absolute Gasteiger partial charge is 0.338 e. The molecule has 0 saturated carbocycles. The van der Waals surface area contributed by atoms with E-state index in [9.17, 15) is 9.59 Å². The van der Waals surface area contributed by atoms with Crippen molar-refractivity contribution in [1.29, 1.82) is 0 Å². The van der Waals surface area contributed by atoms with E-state index in [4.69, 9.17) is 23.7 Å². The van der Waals surface area contributed by atoms with Gasteiger partial charge in [0, 0.05) is 31.6 Å². The molecule has 4 heterocycles. The number of benzene rings is 1. The Balaban J connectivity index is 1.35. The van der Waals surface area contributed by atoms with E-state index in [1.807, 2.05) is 18.2 Å². The minimum Gasteiger partial charge on any atom is -0.458 e. The third kappa shape index (κ3) is 5.80. The normalized spacial score (nSPS) is 38.5. The lowest BCUT2D eigenvalue weighted by molar-refractivity contribution is -0.291. The van der Waals surface area contributed by atoms with Crippen LogP contribution in [-0.2, 0) is 28.5 Å². The highest BCUT2D eigenvalue weighted by atomic mass is 79.9. The number of halogens is 1. The summed E-state index contributed by atoms with van der Waals surface area (Å²) in [6.07, 6.45) is 5.25. The molecule has 4 fully saturated rings. The van der Waals surface area contributed by atoms with Crippen LogP contribution in [0.4, 0.5) is 0 Å². The second kappa shape index (κ2) is 11.9. The summed E-state index contributed by atoms with van der Waals surface area (Å²) in [4.78, 5) is 24.0. The third-order valence-corrected chi connectivity index (χ3v) is 8.94. The molecule has 0 radical (unpaired) electrons. The molecule has 0 aliphatic carbocycles. The Hall–Kier alpha value is -1.58. The van der Waals surface area contributed by atoms with Crippen molar-refractivity contribution in [3.8, 4) is 0 Å². The van der Waals surface area contributed by atoms with Crippen LogP contribution in [-0.4, -0.2) is 60.8 Å². The van der Waals surface area contributed by atoms with Gasteiger partial charge in [0.25, 0.3) is 0 Å². The molecular formula is C30H39BrO7. The fourth-order valence-electron chi connectivity index (χ4n) is 6.86. The van der Waals surface area contributed by atoms with Crippen molar-refractivity contribution in [2.45, 2.75) is 114 Å². The highest BCUT2D eigenvalue weighted by molar-refractivity contribution is 9.11. The van der Waals surface area contributed by atoms with E-state index < -0.39 is 5.79 Å². The molecule has 0 N–H and O–H groups in total.